The number of pyridine rings is 1. The molecule has 0 aliphatic carbocycles. The van der Waals surface area contributed by atoms with Crippen molar-refractivity contribution >= 4 is 5.91 Å². The minimum Gasteiger partial charge on any atom is -0.338 e. The van der Waals surface area contributed by atoms with Crippen molar-refractivity contribution in [2.24, 2.45) is 0 Å². The highest BCUT2D eigenvalue weighted by atomic mass is 16.2. The number of nitrogens with zero attached hydrogens (tertiary/aromatic N) is 6. The maximum atomic E-state index is 13.2. The van der Waals surface area contributed by atoms with E-state index in [-0.39, 0.29) is 18.0 Å². The van der Waals surface area contributed by atoms with Crippen LogP contribution in [0, 0.1) is 0 Å². The third kappa shape index (κ3) is 2.91. The molecule has 2 aromatic rings. The number of hydrogen-bond donors (Lipinski definition) is 0. The van der Waals surface area contributed by atoms with Gasteiger partial charge in [0.25, 0.3) is 0 Å². The van der Waals surface area contributed by atoms with E-state index in [0.717, 1.165) is 5.56 Å². The molecule has 0 bridgehead atoms. The number of likely N-dealkylation sites (tertiary alicyclic amines) is 1. The molecule has 1 amide bonds. The largest absolute Gasteiger partial charge is 0.338 e. The van der Waals surface area contributed by atoms with Crippen molar-refractivity contribution in [2.75, 3.05) is 27.2 Å². The lowest BCUT2D eigenvalue weighted by molar-refractivity contribution is -0.135. The Labute approximate surface area is 142 Å². The summed E-state index contributed by atoms with van der Waals surface area (Å²) in [6.07, 6.45) is 7.03. The van der Waals surface area contributed by atoms with Gasteiger partial charge in [0.05, 0.1) is 23.7 Å². The van der Waals surface area contributed by atoms with Gasteiger partial charge in [-0.25, -0.2) is 4.68 Å². The van der Waals surface area contributed by atoms with E-state index in [1.165, 1.54) is 0 Å². The lowest BCUT2D eigenvalue weighted by Crippen LogP contribution is -2.43. The Balaban J connectivity index is 1.84. The first-order valence-corrected chi connectivity index (χ1v) is 8.13. The van der Waals surface area contributed by atoms with Gasteiger partial charge in [0.15, 0.2) is 0 Å². The van der Waals surface area contributed by atoms with Gasteiger partial charge in [0.1, 0.15) is 0 Å². The Morgan fingerprint density at radius 2 is 2.08 bits per heavy atom. The summed E-state index contributed by atoms with van der Waals surface area (Å²) in [5, 5.41) is 8.05. The zero-order valence-corrected chi connectivity index (χ0v) is 14.6. The van der Waals surface area contributed by atoms with Gasteiger partial charge >= 0.3 is 0 Å². The van der Waals surface area contributed by atoms with Crippen LogP contribution in [0.4, 0.5) is 0 Å². The third-order valence-electron chi connectivity index (χ3n) is 4.91. The van der Waals surface area contributed by atoms with E-state index in [0.29, 0.717) is 13.1 Å². The molecule has 0 radical (unpaired) electrons. The van der Waals surface area contributed by atoms with E-state index in [1.54, 1.807) is 18.6 Å². The Bertz CT molecular complexity index is 682. The smallest absolute Gasteiger partial charge is 0.232 e. The van der Waals surface area contributed by atoms with Crippen LogP contribution in [0.2, 0.25) is 0 Å². The average molecular weight is 328 g/mol. The van der Waals surface area contributed by atoms with Gasteiger partial charge in [-0.05, 0) is 39.6 Å². The molecule has 7 heteroatoms. The maximum absolute atomic E-state index is 13.2. The minimum absolute atomic E-state index is 0.108. The van der Waals surface area contributed by atoms with Crippen LogP contribution in [-0.2, 0) is 10.2 Å². The zero-order valence-electron chi connectivity index (χ0n) is 14.6. The number of aromatic nitrogens is 4. The molecule has 0 unspecified atom stereocenters. The summed E-state index contributed by atoms with van der Waals surface area (Å²) in [4.78, 5) is 21.4. The molecule has 128 valence electrons. The molecule has 1 fully saturated rings. The Morgan fingerprint density at radius 3 is 2.67 bits per heavy atom. The van der Waals surface area contributed by atoms with E-state index >= 15 is 0 Å². The highest BCUT2D eigenvalue weighted by Crippen LogP contribution is 2.31. The SMILES string of the molecule is CN(C)[C@@H]1CN(C(=O)C(C)(C)c2cccnc2)C[C@@H]1n1ccnn1. The average Bonchev–Trinajstić information content (AvgIpc) is 3.24. The van der Waals surface area contributed by atoms with E-state index in [9.17, 15) is 4.79 Å². The molecule has 3 heterocycles. The van der Waals surface area contributed by atoms with E-state index in [1.807, 2.05) is 55.9 Å². The second-order valence-electron chi connectivity index (χ2n) is 7.06. The van der Waals surface area contributed by atoms with Crippen LogP contribution >= 0.6 is 0 Å². The van der Waals surface area contributed by atoms with Gasteiger partial charge in [0.2, 0.25) is 5.91 Å². The molecule has 1 aliphatic rings. The quantitative estimate of drug-likeness (QED) is 0.836. The monoisotopic (exact) mass is 328 g/mol. The van der Waals surface area contributed by atoms with Crippen LogP contribution in [-0.4, -0.2) is 68.9 Å². The number of carbonyl (C=O) groups is 1. The standard InChI is InChI=1S/C17H24N6O/c1-17(2,13-6-5-7-18-10-13)16(24)22-11-14(21(3)4)15(12-22)23-9-8-19-20-23/h5-10,14-15H,11-12H2,1-4H3/t14-,15+/m1/s1. The predicted molar refractivity (Wildman–Crippen MR) is 90.4 cm³/mol. The Morgan fingerprint density at radius 1 is 1.29 bits per heavy atom. The van der Waals surface area contributed by atoms with E-state index in [2.05, 4.69) is 20.2 Å². The molecular weight excluding hydrogens is 304 g/mol. The molecule has 24 heavy (non-hydrogen) atoms. The highest BCUT2D eigenvalue weighted by molar-refractivity contribution is 5.87. The molecule has 0 spiro atoms. The normalized spacial score (nSPS) is 21.5. The molecule has 0 aromatic carbocycles. The van der Waals surface area contributed by atoms with Crippen LogP contribution in [0.1, 0.15) is 25.5 Å². The number of carbonyl (C=O) groups excluding carboxylic acids is 1. The van der Waals surface area contributed by atoms with Crippen LogP contribution in [0.15, 0.2) is 36.9 Å². The molecule has 7 nitrogen and oxygen atoms in total. The molecule has 1 saturated heterocycles. The molecule has 1 aliphatic heterocycles. The fraction of sp³-hybridized carbons (Fsp3) is 0.529. The number of rotatable bonds is 4. The fourth-order valence-electron chi connectivity index (χ4n) is 3.35. The van der Waals surface area contributed by atoms with Crippen molar-refractivity contribution in [1.29, 1.82) is 0 Å². The first-order valence-electron chi connectivity index (χ1n) is 8.13. The number of hydrogen-bond acceptors (Lipinski definition) is 5. The van der Waals surface area contributed by atoms with Gasteiger partial charge in [-0.1, -0.05) is 11.3 Å². The Kier molecular flexibility index (Phi) is 4.36. The molecule has 2 atom stereocenters. The molecule has 2 aromatic heterocycles. The second-order valence-corrected chi connectivity index (χ2v) is 7.06. The summed E-state index contributed by atoms with van der Waals surface area (Å²) in [6, 6.07) is 4.14. The van der Waals surface area contributed by atoms with Gasteiger partial charge in [-0.3, -0.25) is 9.78 Å². The van der Waals surface area contributed by atoms with Gasteiger partial charge in [-0.15, -0.1) is 5.10 Å². The van der Waals surface area contributed by atoms with Crippen molar-refractivity contribution < 1.29 is 4.79 Å². The lowest BCUT2D eigenvalue weighted by Gasteiger charge is -2.29. The van der Waals surface area contributed by atoms with E-state index in [4.69, 9.17) is 0 Å². The summed E-state index contributed by atoms with van der Waals surface area (Å²) < 4.78 is 1.86. The highest BCUT2D eigenvalue weighted by Gasteiger charge is 2.43. The summed E-state index contributed by atoms with van der Waals surface area (Å²) in [7, 11) is 4.07. The molecule has 0 saturated carbocycles. The van der Waals surface area contributed by atoms with Crippen LogP contribution < -0.4 is 0 Å². The second kappa shape index (κ2) is 6.32. The van der Waals surface area contributed by atoms with Gasteiger partial charge < -0.3 is 9.80 Å². The molecular formula is C17H24N6O. The zero-order chi connectivity index (χ0) is 17.3. The number of likely N-dealkylation sites (N-methyl/N-ethyl adjacent to an activating group) is 1. The lowest BCUT2D eigenvalue weighted by atomic mass is 9.84. The third-order valence-corrected chi connectivity index (χ3v) is 4.91. The van der Waals surface area contributed by atoms with Gasteiger partial charge in [0, 0.05) is 31.7 Å². The molecule has 3 rings (SSSR count). The first-order chi connectivity index (χ1) is 11.4. The topological polar surface area (TPSA) is 67.2 Å². The van der Waals surface area contributed by atoms with Crippen molar-refractivity contribution in [3.8, 4) is 0 Å². The van der Waals surface area contributed by atoms with Crippen molar-refractivity contribution in [3.05, 3.63) is 42.5 Å². The summed E-state index contributed by atoms with van der Waals surface area (Å²) in [5.74, 6) is 0.116. The maximum Gasteiger partial charge on any atom is 0.232 e. The summed E-state index contributed by atoms with van der Waals surface area (Å²) >= 11 is 0. The molecule has 0 N–H and O–H groups in total. The first kappa shape index (κ1) is 16.6. The fourth-order valence-corrected chi connectivity index (χ4v) is 3.35. The van der Waals surface area contributed by atoms with Gasteiger partial charge in [-0.2, -0.15) is 0 Å². The van der Waals surface area contributed by atoms with Crippen LogP contribution in [0.25, 0.3) is 0 Å². The summed E-state index contributed by atoms with van der Waals surface area (Å²) in [5.41, 5.74) is 0.322. The van der Waals surface area contributed by atoms with Crippen molar-refractivity contribution in [2.45, 2.75) is 31.3 Å². The van der Waals surface area contributed by atoms with Crippen LogP contribution in [0.5, 0.6) is 0 Å². The predicted octanol–water partition coefficient (Wildman–Crippen LogP) is 0.964. The number of amides is 1. The van der Waals surface area contributed by atoms with Crippen LogP contribution in [0.3, 0.4) is 0 Å². The summed E-state index contributed by atoms with van der Waals surface area (Å²) in [6.45, 7) is 5.23. The Hall–Kier alpha value is -2.28. The van der Waals surface area contributed by atoms with E-state index < -0.39 is 5.41 Å². The minimum atomic E-state index is -0.609. The van der Waals surface area contributed by atoms with Crippen molar-refractivity contribution in [1.82, 2.24) is 29.8 Å². The van der Waals surface area contributed by atoms with Crippen molar-refractivity contribution in [3.63, 3.8) is 0 Å².